The molecule has 0 radical (unpaired) electrons. The molecule has 0 spiro atoms. The molecule has 106 valence electrons. The third-order valence-corrected chi connectivity index (χ3v) is 3.37. The van der Waals surface area contributed by atoms with Crippen LogP contribution in [0, 0.1) is 0 Å². The number of carbonyl (C=O) groups is 1. The van der Waals surface area contributed by atoms with Crippen molar-refractivity contribution >= 4 is 17.4 Å². The molecule has 1 N–H and O–H groups in total. The monoisotopic (exact) mass is 282 g/mol. The first-order chi connectivity index (χ1) is 9.27. The van der Waals surface area contributed by atoms with Gasteiger partial charge >= 0.3 is 6.03 Å². The van der Waals surface area contributed by atoms with Crippen LogP contribution in [0.15, 0.2) is 30.2 Å². The van der Waals surface area contributed by atoms with Gasteiger partial charge in [0, 0.05) is 31.2 Å². The van der Waals surface area contributed by atoms with Gasteiger partial charge in [0.05, 0.1) is 6.54 Å². The third-order valence-electron chi connectivity index (χ3n) is 2.51. The molecule has 0 aliphatic rings. The summed E-state index contributed by atoms with van der Waals surface area (Å²) >= 11 is 1.65. The first kappa shape index (κ1) is 15.7. The lowest BCUT2D eigenvalue weighted by molar-refractivity contribution is 0.144. The second-order valence-electron chi connectivity index (χ2n) is 4.03. The Bertz CT molecular complexity index is 366. The fourth-order valence-corrected chi connectivity index (χ4v) is 2.31. The zero-order chi connectivity index (χ0) is 13.9. The van der Waals surface area contributed by atoms with Crippen LogP contribution in [0.2, 0.25) is 0 Å². The number of nitrogens with zero attached hydrogens (tertiary/aromatic N) is 1. The Morgan fingerprint density at radius 3 is 3.11 bits per heavy atom. The number of thiophene rings is 1. The van der Waals surface area contributed by atoms with Crippen molar-refractivity contribution in [2.75, 3.05) is 26.3 Å². The summed E-state index contributed by atoms with van der Waals surface area (Å²) in [7, 11) is 0. The van der Waals surface area contributed by atoms with Crippen LogP contribution in [0.3, 0.4) is 0 Å². The van der Waals surface area contributed by atoms with Gasteiger partial charge in [-0.15, -0.1) is 17.9 Å². The van der Waals surface area contributed by atoms with Gasteiger partial charge in [0.1, 0.15) is 0 Å². The molecular weight excluding hydrogens is 260 g/mol. The highest BCUT2D eigenvalue weighted by Gasteiger charge is 2.12. The van der Waals surface area contributed by atoms with Crippen LogP contribution in [0.1, 0.15) is 18.2 Å². The highest BCUT2D eigenvalue weighted by molar-refractivity contribution is 7.09. The first-order valence-corrected chi connectivity index (χ1v) is 7.39. The van der Waals surface area contributed by atoms with Crippen LogP contribution >= 0.6 is 11.3 Å². The van der Waals surface area contributed by atoms with Crippen molar-refractivity contribution in [2.24, 2.45) is 0 Å². The van der Waals surface area contributed by atoms with Crippen LogP contribution in [0.4, 0.5) is 4.79 Å². The summed E-state index contributed by atoms with van der Waals surface area (Å²) in [6.07, 6.45) is 2.58. The molecule has 19 heavy (non-hydrogen) atoms. The molecule has 1 heterocycles. The van der Waals surface area contributed by atoms with E-state index in [1.165, 1.54) is 4.88 Å². The normalized spacial score (nSPS) is 10.2. The molecule has 1 aromatic rings. The van der Waals surface area contributed by atoms with Gasteiger partial charge in [-0.2, -0.15) is 0 Å². The lowest BCUT2D eigenvalue weighted by Crippen LogP contribution is -2.40. The highest BCUT2D eigenvalue weighted by Crippen LogP contribution is 2.11. The average molecular weight is 282 g/mol. The Balaban J connectivity index is 2.33. The number of urea groups is 1. The molecule has 5 heteroatoms. The fraction of sp³-hybridized carbons (Fsp3) is 0.500. The zero-order valence-electron chi connectivity index (χ0n) is 11.4. The maximum Gasteiger partial charge on any atom is 0.318 e. The summed E-state index contributed by atoms with van der Waals surface area (Å²) in [5.41, 5.74) is 0. The van der Waals surface area contributed by atoms with Crippen molar-refractivity contribution in [3.8, 4) is 0 Å². The minimum atomic E-state index is -0.0511. The molecule has 0 atom stereocenters. The first-order valence-electron chi connectivity index (χ1n) is 6.51. The summed E-state index contributed by atoms with van der Waals surface area (Å²) in [6.45, 7) is 8.87. The van der Waals surface area contributed by atoms with Crippen LogP contribution in [-0.4, -0.2) is 37.2 Å². The summed E-state index contributed by atoms with van der Waals surface area (Å²) in [4.78, 5) is 14.9. The molecule has 0 aliphatic carbocycles. The maximum atomic E-state index is 12.0. The van der Waals surface area contributed by atoms with E-state index in [1.807, 2.05) is 24.4 Å². The molecule has 0 saturated heterocycles. The van der Waals surface area contributed by atoms with Gasteiger partial charge in [-0.25, -0.2) is 4.79 Å². The number of hydrogen-bond donors (Lipinski definition) is 1. The van der Waals surface area contributed by atoms with Gasteiger partial charge in [-0.1, -0.05) is 12.1 Å². The fourth-order valence-electron chi connectivity index (χ4n) is 1.59. The van der Waals surface area contributed by atoms with Crippen molar-refractivity contribution in [1.82, 2.24) is 10.2 Å². The average Bonchev–Trinajstić information content (AvgIpc) is 2.91. The number of ether oxygens (including phenoxy) is 1. The molecule has 0 aliphatic heterocycles. The Kier molecular flexibility index (Phi) is 7.93. The number of carbonyl (C=O) groups excluding carboxylic acids is 1. The van der Waals surface area contributed by atoms with E-state index < -0.39 is 0 Å². The third kappa shape index (κ3) is 6.40. The summed E-state index contributed by atoms with van der Waals surface area (Å²) < 4.78 is 5.23. The van der Waals surface area contributed by atoms with Crippen molar-refractivity contribution in [2.45, 2.75) is 19.9 Å². The second-order valence-corrected chi connectivity index (χ2v) is 5.06. The molecule has 1 aromatic heterocycles. The van der Waals surface area contributed by atoms with E-state index in [0.29, 0.717) is 26.2 Å². The van der Waals surface area contributed by atoms with Crippen LogP contribution in [0.25, 0.3) is 0 Å². The molecule has 0 aromatic carbocycles. The minimum absolute atomic E-state index is 0.0511. The number of nitrogens with one attached hydrogen (secondary N) is 1. The number of amides is 2. The largest absolute Gasteiger partial charge is 0.382 e. The summed E-state index contributed by atoms with van der Waals surface area (Å²) in [6, 6.07) is 3.97. The molecule has 0 saturated carbocycles. The van der Waals surface area contributed by atoms with Crippen molar-refractivity contribution in [3.05, 3.63) is 35.0 Å². The Morgan fingerprint density at radius 1 is 1.63 bits per heavy atom. The lowest BCUT2D eigenvalue weighted by atomic mass is 10.4. The smallest absolute Gasteiger partial charge is 0.318 e. The van der Waals surface area contributed by atoms with Crippen molar-refractivity contribution in [3.63, 3.8) is 0 Å². The molecule has 2 amide bonds. The Morgan fingerprint density at radius 2 is 2.47 bits per heavy atom. The van der Waals surface area contributed by atoms with Gasteiger partial charge in [0.2, 0.25) is 0 Å². The van der Waals surface area contributed by atoms with E-state index in [1.54, 1.807) is 22.3 Å². The van der Waals surface area contributed by atoms with Gasteiger partial charge in [0.25, 0.3) is 0 Å². The maximum absolute atomic E-state index is 12.0. The van der Waals surface area contributed by atoms with E-state index in [-0.39, 0.29) is 6.03 Å². The Labute approximate surface area is 119 Å². The predicted molar refractivity (Wildman–Crippen MR) is 79.4 cm³/mol. The topological polar surface area (TPSA) is 41.6 Å². The standard InChI is InChI=1S/C14H22N2O2S/c1-3-9-16(12-13-7-5-11-19-13)14(17)15-8-6-10-18-4-2/h3,5,7,11H,1,4,6,8-10,12H2,2H3,(H,15,17). The van der Waals surface area contributed by atoms with Crippen LogP contribution < -0.4 is 5.32 Å². The van der Waals surface area contributed by atoms with Gasteiger partial charge in [-0.3, -0.25) is 0 Å². The SMILES string of the molecule is C=CCN(Cc1cccs1)C(=O)NCCCOCC. The second kappa shape index (κ2) is 9.58. The predicted octanol–water partition coefficient (Wildman–Crippen LogP) is 2.87. The molecule has 0 unspecified atom stereocenters. The van der Waals surface area contributed by atoms with E-state index in [0.717, 1.165) is 13.0 Å². The van der Waals surface area contributed by atoms with E-state index >= 15 is 0 Å². The number of rotatable bonds is 9. The van der Waals surface area contributed by atoms with E-state index in [9.17, 15) is 4.79 Å². The summed E-state index contributed by atoms with van der Waals surface area (Å²) in [5.74, 6) is 0. The summed E-state index contributed by atoms with van der Waals surface area (Å²) in [5, 5.41) is 4.92. The highest BCUT2D eigenvalue weighted by atomic mass is 32.1. The number of hydrogen-bond acceptors (Lipinski definition) is 3. The molecule has 0 bridgehead atoms. The van der Waals surface area contributed by atoms with Crippen molar-refractivity contribution in [1.29, 1.82) is 0 Å². The Hall–Kier alpha value is -1.33. The van der Waals surface area contributed by atoms with E-state index in [4.69, 9.17) is 4.74 Å². The van der Waals surface area contributed by atoms with Gasteiger partial charge < -0.3 is 15.0 Å². The van der Waals surface area contributed by atoms with E-state index in [2.05, 4.69) is 11.9 Å². The van der Waals surface area contributed by atoms with Gasteiger partial charge in [-0.05, 0) is 24.8 Å². The zero-order valence-corrected chi connectivity index (χ0v) is 12.2. The molecule has 0 fully saturated rings. The molecule has 4 nitrogen and oxygen atoms in total. The molecular formula is C14H22N2O2S. The molecule has 1 rings (SSSR count). The van der Waals surface area contributed by atoms with Gasteiger partial charge in [0.15, 0.2) is 0 Å². The lowest BCUT2D eigenvalue weighted by Gasteiger charge is -2.21. The quantitative estimate of drug-likeness (QED) is 0.559. The van der Waals surface area contributed by atoms with Crippen molar-refractivity contribution < 1.29 is 9.53 Å². The minimum Gasteiger partial charge on any atom is -0.382 e. The van der Waals surface area contributed by atoms with Crippen LogP contribution in [0.5, 0.6) is 0 Å². The van der Waals surface area contributed by atoms with Crippen LogP contribution in [-0.2, 0) is 11.3 Å².